The van der Waals surface area contributed by atoms with Crippen molar-refractivity contribution in [1.29, 1.82) is 0 Å². The molecule has 8 nitrogen and oxygen atoms in total. The number of carbonyl (C=O) groups excluding carboxylic acids is 1. The first kappa shape index (κ1) is 9.19. The highest BCUT2D eigenvalue weighted by Crippen LogP contribution is 1.91. The van der Waals surface area contributed by atoms with E-state index in [1.807, 2.05) is 0 Å². The first-order valence-electron chi connectivity index (χ1n) is 4.14. The molecule has 0 radical (unpaired) electrons. The van der Waals surface area contributed by atoms with E-state index >= 15 is 0 Å². The molecule has 0 saturated carbocycles. The Balaban J connectivity index is 1.92. The minimum atomic E-state index is -0.408. The number of rotatable bonds is 3. The van der Waals surface area contributed by atoms with Crippen molar-refractivity contribution >= 4 is 5.91 Å². The van der Waals surface area contributed by atoms with Crippen molar-refractivity contribution in [2.45, 2.75) is 6.54 Å². The van der Waals surface area contributed by atoms with Crippen LogP contribution >= 0.6 is 0 Å². The normalized spacial score (nSPS) is 9.87. The zero-order chi connectivity index (χ0) is 10.5. The molecule has 0 saturated heterocycles. The van der Waals surface area contributed by atoms with E-state index in [0.717, 1.165) is 0 Å². The molecule has 0 atom stereocenters. The molecule has 2 aromatic rings. The van der Waals surface area contributed by atoms with Crippen LogP contribution in [0.2, 0.25) is 0 Å². The van der Waals surface area contributed by atoms with Gasteiger partial charge < -0.3 is 5.32 Å². The predicted molar refractivity (Wildman–Crippen MR) is 47.4 cm³/mol. The highest BCUT2D eigenvalue weighted by atomic mass is 16.2. The minimum absolute atomic E-state index is 0.00103. The van der Waals surface area contributed by atoms with Gasteiger partial charge in [0.1, 0.15) is 0 Å². The van der Waals surface area contributed by atoms with Crippen LogP contribution in [0.3, 0.4) is 0 Å². The summed E-state index contributed by atoms with van der Waals surface area (Å²) >= 11 is 0. The average molecular weight is 205 g/mol. The first-order valence-corrected chi connectivity index (χ1v) is 4.14. The molecule has 8 heteroatoms. The first-order chi connectivity index (χ1) is 7.36. The Morgan fingerprint density at radius 1 is 1.47 bits per heavy atom. The molecule has 0 spiro atoms. The van der Waals surface area contributed by atoms with Crippen LogP contribution in [0.25, 0.3) is 0 Å². The molecule has 0 unspecified atom stereocenters. The lowest BCUT2D eigenvalue weighted by Crippen LogP contribution is -2.24. The molecule has 76 valence electrons. The fourth-order valence-corrected chi connectivity index (χ4v) is 0.936. The Labute approximate surface area is 84.1 Å². The van der Waals surface area contributed by atoms with Gasteiger partial charge in [-0.2, -0.15) is 15.4 Å². The van der Waals surface area contributed by atoms with Crippen molar-refractivity contribution in [3.63, 3.8) is 0 Å². The number of H-pyrrole nitrogens is 1. The third-order valence-electron chi connectivity index (χ3n) is 1.61. The lowest BCUT2D eigenvalue weighted by molar-refractivity contribution is 0.0940. The van der Waals surface area contributed by atoms with E-state index in [-0.39, 0.29) is 12.4 Å². The van der Waals surface area contributed by atoms with Crippen LogP contribution in [-0.2, 0) is 6.54 Å². The van der Waals surface area contributed by atoms with E-state index in [4.69, 9.17) is 0 Å². The number of carbonyl (C=O) groups is 1. The second kappa shape index (κ2) is 4.22. The summed E-state index contributed by atoms with van der Waals surface area (Å²) in [6.07, 6.45) is 1.56. The van der Waals surface area contributed by atoms with Crippen LogP contribution in [0.5, 0.6) is 0 Å². The molecule has 0 aliphatic carbocycles. The highest BCUT2D eigenvalue weighted by molar-refractivity contribution is 5.89. The van der Waals surface area contributed by atoms with E-state index in [1.54, 1.807) is 18.3 Å². The number of nitrogens with one attached hydrogen (secondary N) is 2. The minimum Gasteiger partial charge on any atom is -0.343 e. The second-order valence-corrected chi connectivity index (χ2v) is 2.63. The Morgan fingerprint density at radius 3 is 3.07 bits per heavy atom. The van der Waals surface area contributed by atoms with Gasteiger partial charge in [-0.15, -0.1) is 10.2 Å². The third-order valence-corrected chi connectivity index (χ3v) is 1.61. The van der Waals surface area contributed by atoms with Gasteiger partial charge >= 0.3 is 0 Å². The molecule has 0 fully saturated rings. The topological polar surface area (TPSA) is 109 Å². The van der Waals surface area contributed by atoms with E-state index in [0.29, 0.717) is 5.69 Å². The van der Waals surface area contributed by atoms with Gasteiger partial charge in [-0.3, -0.25) is 4.79 Å². The number of nitrogens with zero attached hydrogens (tertiary/aromatic N) is 5. The zero-order valence-electron chi connectivity index (χ0n) is 7.58. The van der Waals surface area contributed by atoms with Crippen LogP contribution in [0.1, 0.15) is 16.3 Å². The van der Waals surface area contributed by atoms with E-state index < -0.39 is 5.91 Å². The molecule has 2 aromatic heterocycles. The molecule has 2 heterocycles. The van der Waals surface area contributed by atoms with E-state index in [2.05, 4.69) is 36.1 Å². The van der Waals surface area contributed by atoms with E-state index in [1.165, 1.54) is 0 Å². The van der Waals surface area contributed by atoms with Gasteiger partial charge in [-0.25, -0.2) is 0 Å². The van der Waals surface area contributed by atoms with Crippen molar-refractivity contribution in [2.75, 3.05) is 0 Å². The molecular formula is C7H7N7O. The van der Waals surface area contributed by atoms with Gasteiger partial charge in [-0.05, 0) is 17.3 Å². The molecule has 0 aliphatic heterocycles. The maximum absolute atomic E-state index is 11.3. The fraction of sp³-hybridized carbons (Fsp3) is 0.143. The monoisotopic (exact) mass is 205 g/mol. The van der Waals surface area contributed by atoms with Crippen LogP contribution in [0, 0.1) is 0 Å². The van der Waals surface area contributed by atoms with Crippen LogP contribution in [0.4, 0.5) is 0 Å². The van der Waals surface area contributed by atoms with Crippen molar-refractivity contribution in [2.24, 2.45) is 0 Å². The smallest absolute Gasteiger partial charge is 0.293 e. The highest BCUT2D eigenvalue weighted by Gasteiger charge is 2.09. The summed E-state index contributed by atoms with van der Waals surface area (Å²) in [5, 5.41) is 22.6. The van der Waals surface area contributed by atoms with Gasteiger partial charge in [0.15, 0.2) is 0 Å². The molecule has 15 heavy (non-hydrogen) atoms. The number of amides is 1. The summed E-state index contributed by atoms with van der Waals surface area (Å²) in [7, 11) is 0. The van der Waals surface area contributed by atoms with Crippen molar-refractivity contribution in [1.82, 2.24) is 36.1 Å². The number of hydrogen-bond acceptors (Lipinski definition) is 6. The van der Waals surface area contributed by atoms with Crippen molar-refractivity contribution in [3.05, 3.63) is 29.8 Å². The summed E-state index contributed by atoms with van der Waals surface area (Å²) in [4.78, 5) is 11.3. The lowest BCUT2D eigenvalue weighted by Gasteiger charge is -1.99. The Hall–Kier alpha value is -2.38. The van der Waals surface area contributed by atoms with Gasteiger partial charge in [0, 0.05) is 6.20 Å². The maximum atomic E-state index is 11.3. The Morgan fingerprint density at radius 2 is 2.40 bits per heavy atom. The zero-order valence-corrected chi connectivity index (χ0v) is 7.58. The van der Waals surface area contributed by atoms with Crippen LogP contribution < -0.4 is 5.32 Å². The number of aromatic amines is 1. The standard InChI is InChI=1S/C7H7N7O/c15-7(6-11-13-14-12-6)8-4-5-2-1-3-9-10-5/h1-3H,4H2,(H,8,15)(H,11,12,13,14). The summed E-state index contributed by atoms with van der Waals surface area (Å²) in [5.41, 5.74) is 0.661. The number of aromatic nitrogens is 6. The molecule has 2 rings (SSSR count). The van der Waals surface area contributed by atoms with Crippen molar-refractivity contribution in [3.8, 4) is 0 Å². The predicted octanol–water partition coefficient (Wildman–Crippen LogP) is -1.08. The molecule has 1 amide bonds. The molecular weight excluding hydrogens is 198 g/mol. The summed E-state index contributed by atoms with van der Waals surface area (Å²) < 4.78 is 0. The largest absolute Gasteiger partial charge is 0.343 e. The SMILES string of the molecule is O=C(NCc1cccnn1)c1nn[nH]n1. The fourth-order valence-electron chi connectivity index (χ4n) is 0.936. The van der Waals surface area contributed by atoms with Gasteiger partial charge in [-0.1, -0.05) is 0 Å². The Kier molecular flexibility index (Phi) is 2.59. The molecule has 2 N–H and O–H groups in total. The summed E-state index contributed by atoms with van der Waals surface area (Å²) in [6, 6.07) is 3.49. The number of tetrazole rings is 1. The summed E-state index contributed by atoms with van der Waals surface area (Å²) in [6.45, 7) is 0.279. The van der Waals surface area contributed by atoms with Gasteiger partial charge in [0.05, 0.1) is 12.2 Å². The molecule has 0 aromatic carbocycles. The van der Waals surface area contributed by atoms with Gasteiger partial charge in [0.2, 0.25) is 0 Å². The molecule has 0 aliphatic rings. The summed E-state index contributed by atoms with van der Waals surface area (Å²) in [5.74, 6) is -0.409. The van der Waals surface area contributed by atoms with Crippen LogP contribution in [-0.4, -0.2) is 36.7 Å². The quantitative estimate of drug-likeness (QED) is 0.659. The number of hydrogen-bond donors (Lipinski definition) is 2. The lowest BCUT2D eigenvalue weighted by atomic mass is 10.4. The van der Waals surface area contributed by atoms with Gasteiger partial charge in [0.25, 0.3) is 11.7 Å². The second-order valence-electron chi connectivity index (χ2n) is 2.63. The Bertz CT molecular complexity index is 426. The maximum Gasteiger partial charge on any atom is 0.293 e. The molecule has 0 bridgehead atoms. The third kappa shape index (κ3) is 2.30. The van der Waals surface area contributed by atoms with E-state index in [9.17, 15) is 4.79 Å². The van der Waals surface area contributed by atoms with Crippen molar-refractivity contribution < 1.29 is 4.79 Å². The average Bonchev–Trinajstić information content (AvgIpc) is 2.81. The van der Waals surface area contributed by atoms with Crippen LogP contribution in [0.15, 0.2) is 18.3 Å².